The number of aromatic hydroxyl groups is 1. The van der Waals surface area contributed by atoms with Crippen LogP contribution in [-0.4, -0.2) is 38.8 Å². The first-order chi connectivity index (χ1) is 8.58. The lowest BCUT2D eigenvalue weighted by atomic mass is 10.0. The smallest absolute Gasteiger partial charge is 0.422 e. The van der Waals surface area contributed by atoms with Crippen LogP contribution in [0.25, 0.3) is 0 Å². The van der Waals surface area contributed by atoms with Crippen LogP contribution in [0.15, 0.2) is 18.5 Å². The molecule has 3 N–H and O–H groups in total. The van der Waals surface area contributed by atoms with Crippen molar-refractivity contribution in [2.75, 3.05) is 0 Å². The summed E-state index contributed by atoms with van der Waals surface area (Å²) in [5.41, 5.74) is -3.83. The van der Waals surface area contributed by atoms with Crippen molar-refractivity contribution >= 4 is 11.9 Å². The molecule has 0 radical (unpaired) electrons. The number of carbonyl (C=O) groups excluding carboxylic acids is 1. The van der Waals surface area contributed by atoms with E-state index in [1.165, 1.54) is 5.32 Å². The Balaban J connectivity index is 3.06. The molecule has 0 saturated heterocycles. The summed E-state index contributed by atoms with van der Waals surface area (Å²) in [5.74, 6) is -4.00. The summed E-state index contributed by atoms with van der Waals surface area (Å²) >= 11 is 0. The molecule has 19 heavy (non-hydrogen) atoms. The van der Waals surface area contributed by atoms with Gasteiger partial charge in [-0.2, -0.15) is 13.2 Å². The lowest BCUT2D eigenvalue weighted by Crippen LogP contribution is -2.61. The van der Waals surface area contributed by atoms with E-state index < -0.39 is 34.9 Å². The van der Waals surface area contributed by atoms with E-state index in [4.69, 9.17) is 10.2 Å². The normalized spacial score (nSPS) is 14.5. The van der Waals surface area contributed by atoms with Crippen LogP contribution >= 0.6 is 0 Å². The fraction of sp³-hybridized carbons (Fsp3) is 0.300. The quantitative estimate of drug-likeness (QED) is 0.763. The van der Waals surface area contributed by atoms with Gasteiger partial charge in [0.05, 0.1) is 11.8 Å². The van der Waals surface area contributed by atoms with Crippen molar-refractivity contribution in [2.45, 2.75) is 18.6 Å². The van der Waals surface area contributed by atoms with E-state index >= 15 is 0 Å². The number of nitrogens with one attached hydrogen (secondary N) is 1. The molecule has 1 heterocycles. The Morgan fingerprint density at radius 1 is 1.32 bits per heavy atom. The van der Waals surface area contributed by atoms with Crippen molar-refractivity contribution in [3.8, 4) is 5.75 Å². The van der Waals surface area contributed by atoms with Gasteiger partial charge >= 0.3 is 12.1 Å². The number of carboxylic acid groups (broad SMARTS) is 1. The zero-order valence-electron chi connectivity index (χ0n) is 9.52. The summed E-state index contributed by atoms with van der Waals surface area (Å²) in [4.78, 5) is 25.6. The number of hydrogen-bond acceptors (Lipinski definition) is 4. The molecule has 6 nitrogen and oxygen atoms in total. The summed E-state index contributed by atoms with van der Waals surface area (Å²) in [6.07, 6.45) is -3.32. The maximum atomic E-state index is 12.6. The highest BCUT2D eigenvalue weighted by Crippen LogP contribution is 2.30. The molecule has 1 atom stereocenters. The van der Waals surface area contributed by atoms with Crippen LogP contribution in [0.4, 0.5) is 13.2 Å². The molecule has 9 heteroatoms. The Morgan fingerprint density at radius 3 is 2.32 bits per heavy atom. The van der Waals surface area contributed by atoms with Gasteiger partial charge in [-0.1, -0.05) is 0 Å². The molecule has 0 fully saturated rings. The van der Waals surface area contributed by atoms with E-state index in [1.807, 2.05) is 0 Å². The van der Waals surface area contributed by atoms with Crippen LogP contribution in [0.3, 0.4) is 0 Å². The molecule has 1 rings (SSSR count). The number of aromatic nitrogens is 1. The lowest BCUT2D eigenvalue weighted by molar-refractivity contribution is -0.203. The van der Waals surface area contributed by atoms with E-state index in [1.54, 1.807) is 0 Å². The third-order valence-corrected chi connectivity index (χ3v) is 2.34. The van der Waals surface area contributed by atoms with Crippen molar-refractivity contribution in [1.29, 1.82) is 0 Å². The Kier molecular flexibility index (Phi) is 3.68. The second kappa shape index (κ2) is 4.75. The highest BCUT2D eigenvalue weighted by atomic mass is 19.4. The van der Waals surface area contributed by atoms with Gasteiger partial charge in [0.25, 0.3) is 5.91 Å². The molecular formula is C10H9F3N2O4. The summed E-state index contributed by atoms with van der Waals surface area (Å²) in [6.45, 7) is 0.323. The fourth-order valence-corrected chi connectivity index (χ4v) is 1.10. The number of halogens is 3. The molecule has 1 aromatic heterocycles. The standard InChI is InChI=1S/C10H9F3N2O4/c1-9(8(18)19,10(11,12)13)15-7(17)5-2-6(16)4-14-3-5/h2-4,16H,1H3,(H,15,17)(H,18,19). The molecule has 1 unspecified atom stereocenters. The monoisotopic (exact) mass is 278 g/mol. The summed E-state index contributed by atoms with van der Waals surface area (Å²) in [5, 5.41) is 19.0. The number of rotatable bonds is 3. The van der Waals surface area contributed by atoms with Gasteiger partial charge in [0, 0.05) is 6.20 Å². The van der Waals surface area contributed by atoms with Crippen molar-refractivity contribution in [3.05, 3.63) is 24.0 Å². The molecule has 0 aliphatic heterocycles. The molecule has 0 aliphatic rings. The second-order valence-corrected chi connectivity index (χ2v) is 3.81. The minimum Gasteiger partial charge on any atom is -0.506 e. The number of amides is 1. The average Bonchev–Trinajstić information content (AvgIpc) is 2.27. The second-order valence-electron chi connectivity index (χ2n) is 3.81. The predicted molar refractivity (Wildman–Crippen MR) is 55.5 cm³/mol. The molecule has 1 aromatic rings. The zero-order valence-corrected chi connectivity index (χ0v) is 9.52. The van der Waals surface area contributed by atoms with Crippen LogP contribution < -0.4 is 5.32 Å². The van der Waals surface area contributed by atoms with Gasteiger partial charge in [0.15, 0.2) is 0 Å². The first-order valence-electron chi connectivity index (χ1n) is 4.84. The van der Waals surface area contributed by atoms with Crippen LogP contribution in [0.5, 0.6) is 5.75 Å². The predicted octanol–water partition coefficient (Wildman–Crippen LogP) is 0.923. The maximum Gasteiger partial charge on any atom is 0.422 e. The Labute approximate surface area is 104 Å². The Hall–Kier alpha value is -2.32. The van der Waals surface area contributed by atoms with Crippen molar-refractivity contribution in [2.24, 2.45) is 0 Å². The first-order valence-corrected chi connectivity index (χ1v) is 4.84. The number of pyridine rings is 1. The largest absolute Gasteiger partial charge is 0.506 e. The topological polar surface area (TPSA) is 99.5 Å². The van der Waals surface area contributed by atoms with Gasteiger partial charge < -0.3 is 15.5 Å². The lowest BCUT2D eigenvalue weighted by Gasteiger charge is -2.28. The summed E-state index contributed by atoms with van der Waals surface area (Å²) in [7, 11) is 0. The molecule has 104 valence electrons. The SMILES string of the molecule is CC(NC(=O)c1cncc(O)c1)(C(=O)O)C(F)(F)F. The van der Waals surface area contributed by atoms with Gasteiger partial charge in [-0.15, -0.1) is 0 Å². The van der Waals surface area contributed by atoms with E-state index in [0.29, 0.717) is 6.92 Å². The van der Waals surface area contributed by atoms with Crippen LogP contribution in [-0.2, 0) is 4.79 Å². The molecule has 0 aliphatic carbocycles. The molecule has 1 amide bonds. The molecule has 0 spiro atoms. The van der Waals surface area contributed by atoms with Crippen LogP contribution in [0.2, 0.25) is 0 Å². The first kappa shape index (κ1) is 14.7. The van der Waals surface area contributed by atoms with Gasteiger partial charge in [-0.25, -0.2) is 4.79 Å². The third-order valence-electron chi connectivity index (χ3n) is 2.34. The third kappa shape index (κ3) is 2.92. The van der Waals surface area contributed by atoms with Crippen LogP contribution in [0, 0.1) is 0 Å². The number of nitrogens with zero attached hydrogens (tertiary/aromatic N) is 1. The zero-order chi connectivity index (χ0) is 14.8. The minimum atomic E-state index is -5.18. The van der Waals surface area contributed by atoms with E-state index in [0.717, 1.165) is 18.5 Å². The highest BCUT2D eigenvalue weighted by Gasteiger charge is 2.58. The number of alkyl halides is 3. The Morgan fingerprint density at radius 2 is 1.89 bits per heavy atom. The van der Waals surface area contributed by atoms with Gasteiger partial charge in [0.2, 0.25) is 5.54 Å². The van der Waals surface area contributed by atoms with Crippen molar-refractivity contribution in [1.82, 2.24) is 10.3 Å². The maximum absolute atomic E-state index is 12.6. The minimum absolute atomic E-state index is 0.323. The fourth-order valence-electron chi connectivity index (χ4n) is 1.10. The van der Waals surface area contributed by atoms with Gasteiger partial charge in [-0.05, 0) is 13.0 Å². The summed E-state index contributed by atoms with van der Waals surface area (Å²) < 4.78 is 37.9. The number of hydrogen-bond donors (Lipinski definition) is 3. The van der Waals surface area contributed by atoms with Crippen molar-refractivity contribution < 1.29 is 33.0 Å². The number of carbonyl (C=O) groups is 2. The molecule has 0 aromatic carbocycles. The highest BCUT2D eigenvalue weighted by molar-refractivity contribution is 5.98. The van der Waals surface area contributed by atoms with Gasteiger partial charge in [-0.3, -0.25) is 9.78 Å². The van der Waals surface area contributed by atoms with Gasteiger partial charge in [0.1, 0.15) is 5.75 Å². The summed E-state index contributed by atoms with van der Waals surface area (Å²) in [6, 6.07) is 0.862. The van der Waals surface area contributed by atoms with E-state index in [-0.39, 0.29) is 0 Å². The molecule has 0 bridgehead atoms. The Bertz CT molecular complexity index is 518. The van der Waals surface area contributed by atoms with E-state index in [9.17, 15) is 22.8 Å². The van der Waals surface area contributed by atoms with E-state index in [2.05, 4.69) is 4.98 Å². The number of aliphatic carboxylic acids is 1. The van der Waals surface area contributed by atoms with Crippen molar-refractivity contribution in [3.63, 3.8) is 0 Å². The average molecular weight is 278 g/mol. The number of carboxylic acids is 1. The molecular weight excluding hydrogens is 269 g/mol. The molecule has 0 saturated carbocycles. The van der Waals surface area contributed by atoms with Crippen LogP contribution in [0.1, 0.15) is 17.3 Å².